The minimum Gasteiger partial charge on any atom is -0.443 e. The van der Waals surface area contributed by atoms with Crippen LogP contribution in [0.5, 0.6) is 0 Å². The molecule has 0 aromatic heterocycles. The summed E-state index contributed by atoms with van der Waals surface area (Å²) in [6.45, 7) is 5.10. The summed E-state index contributed by atoms with van der Waals surface area (Å²) in [6.07, 6.45) is 0.971. The van der Waals surface area contributed by atoms with Crippen LogP contribution >= 0.6 is 0 Å². The van der Waals surface area contributed by atoms with E-state index in [1.165, 1.54) is 0 Å². The lowest BCUT2D eigenvalue weighted by molar-refractivity contribution is -0.144. The number of hydrogen-bond acceptors (Lipinski definition) is 5. The van der Waals surface area contributed by atoms with Crippen LogP contribution in [0.2, 0.25) is 0 Å². The number of rotatable bonds is 7. The van der Waals surface area contributed by atoms with Gasteiger partial charge in [0, 0.05) is 24.6 Å². The van der Waals surface area contributed by atoms with Gasteiger partial charge in [0.2, 0.25) is 0 Å². The molecule has 5 nitrogen and oxygen atoms in total. The van der Waals surface area contributed by atoms with E-state index in [0.29, 0.717) is 24.8 Å². The molecule has 0 saturated carbocycles. The fraction of sp³-hybridized carbons (Fsp3) is 0.700. The summed E-state index contributed by atoms with van der Waals surface area (Å²) in [5.41, 5.74) is 11.6. The van der Waals surface area contributed by atoms with Crippen LogP contribution in [0.3, 0.4) is 0 Å². The Hall–Kier alpha value is -0.910. The Bertz CT molecular complexity index is 219. The van der Waals surface area contributed by atoms with Gasteiger partial charge in [0.25, 0.3) is 0 Å². The molecule has 0 fully saturated rings. The minimum atomic E-state index is -0.706. The number of carbonyl (C=O) groups excluding carboxylic acids is 1. The number of aliphatic hydroxyl groups excluding tert-OH is 1. The van der Waals surface area contributed by atoms with Crippen molar-refractivity contribution in [1.82, 2.24) is 0 Å². The lowest BCUT2D eigenvalue weighted by Gasteiger charge is -2.17. The Kier molecular flexibility index (Phi) is 6.94. The summed E-state index contributed by atoms with van der Waals surface area (Å²) < 4.78 is 4.86. The molecule has 88 valence electrons. The van der Waals surface area contributed by atoms with Gasteiger partial charge in [0.1, 0.15) is 0 Å². The standard InChI is InChI=1S/C10H20N2O3/c1-7(2)10(14)15-9(12)6-8(11)4-3-5-13/h8-9,13H,1,3-6,11-12H2,2H3. The van der Waals surface area contributed by atoms with Gasteiger partial charge < -0.3 is 15.6 Å². The van der Waals surface area contributed by atoms with Crippen LogP contribution in [0.1, 0.15) is 26.2 Å². The maximum absolute atomic E-state index is 11.1. The average molecular weight is 216 g/mol. The zero-order valence-electron chi connectivity index (χ0n) is 9.11. The van der Waals surface area contributed by atoms with Gasteiger partial charge in [-0.3, -0.25) is 5.73 Å². The summed E-state index contributed by atoms with van der Waals surface area (Å²) >= 11 is 0. The van der Waals surface area contributed by atoms with Crippen LogP contribution in [-0.4, -0.2) is 30.0 Å². The van der Waals surface area contributed by atoms with Gasteiger partial charge >= 0.3 is 5.97 Å². The molecule has 0 saturated heterocycles. The number of esters is 1. The number of hydrogen-bond donors (Lipinski definition) is 3. The topological polar surface area (TPSA) is 98.6 Å². The van der Waals surface area contributed by atoms with Crippen molar-refractivity contribution >= 4 is 5.97 Å². The molecular weight excluding hydrogens is 196 g/mol. The molecule has 0 amide bonds. The zero-order chi connectivity index (χ0) is 11.8. The molecule has 5 heteroatoms. The molecule has 0 bridgehead atoms. The molecule has 0 rings (SSSR count). The van der Waals surface area contributed by atoms with Gasteiger partial charge in [-0.2, -0.15) is 0 Å². The third kappa shape index (κ3) is 7.07. The quantitative estimate of drug-likeness (QED) is 0.313. The van der Waals surface area contributed by atoms with E-state index >= 15 is 0 Å². The van der Waals surface area contributed by atoms with Crippen LogP contribution < -0.4 is 11.5 Å². The maximum Gasteiger partial charge on any atom is 0.334 e. The maximum atomic E-state index is 11.1. The van der Waals surface area contributed by atoms with Gasteiger partial charge in [-0.25, -0.2) is 4.79 Å². The Balaban J connectivity index is 3.77. The van der Waals surface area contributed by atoms with Crippen LogP contribution in [0.25, 0.3) is 0 Å². The minimum absolute atomic E-state index is 0.106. The fourth-order valence-corrected chi connectivity index (χ4v) is 1.06. The van der Waals surface area contributed by atoms with Crippen molar-refractivity contribution in [2.24, 2.45) is 11.5 Å². The van der Waals surface area contributed by atoms with Crippen molar-refractivity contribution in [2.45, 2.75) is 38.5 Å². The largest absolute Gasteiger partial charge is 0.443 e. The van der Waals surface area contributed by atoms with Crippen molar-refractivity contribution in [1.29, 1.82) is 0 Å². The van der Waals surface area contributed by atoms with E-state index < -0.39 is 12.2 Å². The normalized spacial score (nSPS) is 14.4. The molecule has 5 N–H and O–H groups in total. The molecule has 0 aromatic carbocycles. The second-order valence-electron chi connectivity index (χ2n) is 3.59. The first-order chi connectivity index (χ1) is 6.97. The second-order valence-corrected chi connectivity index (χ2v) is 3.59. The molecule has 0 heterocycles. The van der Waals surface area contributed by atoms with E-state index in [1.807, 2.05) is 0 Å². The number of nitrogens with two attached hydrogens (primary N) is 2. The lowest BCUT2D eigenvalue weighted by Crippen LogP contribution is -2.35. The fourth-order valence-electron chi connectivity index (χ4n) is 1.06. The van der Waals surface area contributed by atoms with Gasteiger partial charge in [-0.15, -0.1) is 0 Å². The summed E-state index contributed by atoms with van der Waals surface area (Å²) in [7, 11) is 0. The SMILES string of the molecule is C=C(C)C(=O)OC(N)CC(N)CCCO. The van der Waals surface area contributed by atoms with Gasteiger partial charge in [0.05, 0.1) is 0 Å². The van der Waals surface area contributed by atoms with Crippen molar-refractivity contribution in [3.8, 4) is 0 Å². The molecule has 2 atom stereocenters. The summed E-state index contributed by atoms with van der Waals surface area (Å²) in [6, 6.07) is -0.162. The van der Waals surface area contributed by atoms with Crippen LogP contribution in [0.15, 0.2) is 12.2 Å². The van der Waals surface area contributed by atoms with Crippen molar-refractivity contribution in [3.05, 3.63) is 12.2 Å². The average Bonchev–Trinajstić information content (AvgIpc) is 2.14. The molecule has 0 aromatic rings. The molecule has 0 aliphatic carbocycles. The Labute approximate surface area is 90.1 Å². The predicted molar refractivity (Wildman–Crippen MR) is 57.8 cm³/mol. The Morgan fingerprint density at radius 2 is 2.13 bits per heavy atom. The van der Waals surface area contributed by atoms with E-state index in [2.05, 4.69) is 6.58 Å². The monoisotopic (exact) mass is 216 g/mol. The highest BCUT2D eigenvalue weighted by molar-refractivity contribution is 5.87. The van der Waals surface area contributed by atoms with Gasteiger partial charge in [-0.1, -0.05) is 6.58 Å². The van der Waals surface area contributed by atoms with Crippen LogP contribution in [-0.2, 0) is 9.53 Å². The molecule has 0 aliphatic heterocycles. The molecule has 2 unspecified atom stereocenters. The lowest BCUT2D eigenvalue weighted by atomic mass is 10.1. The molecule has 15 heavy (non-hydrogen) atoms. The third-order valence-corrected chi connectivity index (χ3v) is 1.87. The summed E-state index contributed by atoms with van der Waals surface area (Å²) in [5, 5.41) is 8.58. The zero-order valence-corrected chi connectivity index (χ0v) is 9.11. The van der Waals surface area contributed by atoms with E-state index in [-0.39, 0.29) is 12.6 Å². The van der Waals surface area contributed by atoms with Crippen molar-refractivity contribution in [2.75, 3.05) is 6.61 Å². The molecule has 0 radical (unpaired) electrons. The van der Waals surface area contributed by atoms with E-state index in [4.69, 9.17) is 21.3 Å². The second kappa shape index (κ2) is 7.39. The number of carbonyl (C=O) groups is 1. The molecule has 0 aliphatic rings. The van der Waals surface area contributed by atoms with Gasteiger partial charge in [0.15, 0.2) is 6.23 Å². The summed E-state index contributed by atoms with van der Waals surface area (Å²) in [5.74, 6) is -0.503. The highest BCUT2D eigenvalue weighted by Crippen LogP contribution is 2.04. The van der Waals surface area contributed by atoms with Gasteiger partial charge in [-0.05, 0) is 19.8 Å². The van der Waals surface area contributed by atoms with E-state index in [1.54, 1.807) is 6.92 Å². The smallest absolute Gasteiger partial charge is 0.334 e. The predicted octanol–water partition coefficient (Wildman–Crippen LogP) is -0.120. The number of aliphatic hydroxyl groups is 1. The first kappa shape index (κ1) is 14.1. The van der Waals surface area contributed by atoms with E-state index in [0.717, 1.165) is 0 Å². The van der Waals surface area contributed by atoms with Crippen molar-refractivity contribution in [3.63, 3.8) is 0 Å². The van der Waals surface area contributed by atoms with Crippen LogP contribution in [0.4, 0.5) is 0 Å². The van der Waals surface area contributed by atoms with Crippen molar-refractivity contribution < 1.29 is 14.6 Å². The van der Waals surface area contributed by atoms with E-state index in [9.17, 15) is 4.79 Å². The molecular formula is C10H20N2O3. The first-order valence-electron chi connectivity index (χ1n) is 4.96. The Morgan fingerprint density at radius 1 is 1.53 bits per heavy atom. The summed E-state index contributed by atoms with van der Waals surface area (Å²) in [4.78, 5) is 11.1. The Morgan fingerprint density at radius 3 is 2.60 bits per heavy atom. The molecule has 0 spiro atoms. The number of ether oxygens (including phenoxy) is 1. The highest BCUT2D eigenvalue weighted by Gasteiger charge is 2.13. The highest BCUT2D eigenvalue weighted by atomic mass is 16.6. The van der Waals surface area contributed by atoms with Crippen LogP contribution in [0, 0.1) is 0 Å². The third-order valence-electron chi connectivity index (χ3n) is 1.87. The first-order valence-corrected chi connectivity index (χ1v) is 4.96.